The van der Waals surface area contributed by atoms with E-state index in [4.69, 9.17) is 9.47 Å². The van der Waals surface area contributed by atoms with E-state index in [0.717, 1.165) is 9.47 Å². The Morgan fingerprint density at radius 2 is 1.72 bits per heavy atom. The van der Waals surface area contributed by atoms with E-state index in [2.05, 4.69) is 9.98 Å². The summed E-state index contributed by atoms with van der Waals surface area (Å²) in [5.74, 6) is -0.831. The lowest BCUT2D eigenvalue weighted by Gasteiger charge is -2.21. The van der Waals surface area contributed by atoms with Crippen molar-refractivity contribution in [2.24, 2.45) is 12.0 Å². The highest BCUT2D eigenvalue weighted by Gasteiger charge is 2.30. The standard InChI is InChI=1S/C19H22N4O6/c1-5-28-14-12(16(24)22(3)18(26)20-14)10-8-7-9-11-13-15(29-6-2)21-19(27)23(4)17(13)25/h7-11,24H,5-6H2,1-4H3. The number of carbonyl (C=O) groups excluding carboxylic acids is 2. The molecule has 0 aromatic carbocycles. The van der Waals surface area contributed by atoms with Gasteiger partial charge in [-0.1, -0.05) is 18.2 Å². The molecule has 2 heterocycles. The second-order valence-corrected chi connectivity index (χ2v) is 5.75. The fraction of sp³-hybridized carbons (Fsp3) is 0.316. The van der Waals surface area contributed by atoms with Gasteiger partial charge >= 0.3 is 11.7 Å². The van der Waals surface area contributed by atoms with E-state index in [9.17, 15) is 19.5 Å². The van der Waals surface area contributed by atoms with Crippen molar-refractivity contribution in [2.45, 2.75) is 13.8 Å². The number of carbonyl (C=O) groups is 2. The van der Waals surface area contributed by atoms with Gasteiger partial charge in [-0.25, -0.2) is 9.59 Å². The minimum Gasteiger partial charge on any atom is -0.494 e. The molecule has 154 valence electrons. The summed E-state index contributed by atoms with van der Waals surface area (Å²) in [6, 6.07) is -0.694. The number of aromatic hydroxyl groups is 1. The summed E-state index contributed by atoms with van der Waals surface area (Å²) >= 11 is 0. The third-order valence-electron chi connectivity index (χ3n) is 3.83. The van der Waals surface area contributed by atoms with E-state index in [0.29, 0.717) is 0 Å². The molecule has 1 aliphatic heterocycles. The SMILES string of the molecule is CCOC1=NC(=O)N(C)C(=O)C1=CC=CC=Cc1c(OCC)nc(=O)n(C)c1O. The van der Waals surface area contributed by atoms with Gasteiger partial charge in [0.25, 0.3) is 5.91 Å². The molecule has 1 aromatic heterocycles. The van der Waals surface area contributed by atoms with Gasteiger partial charge in [-0.2, -0.15) is 9.98 Å². The molecular formula is C19H22N4O6. The molecule has 0 atom stereocenters. The average molecular weight is 402 g/mol. The van der Waals surface area contributed by atoms with Crippen LogP contribution in [0, 0.1) is 0 Å². The maximum absolute atomic E-state index is 12.3. The molecule has 1 aromatic rings. The number of ether oxygens (including phenoxy) is 2. The van der Waals surface area contributed by atoms with Gasteiger partial charge in [-0.3, -0.25) is 14.3 Å². The lowest BCUT2D eigenvalue weighted by molar-refractivity contribution is -0.123. The van der Waals surface area contributed by atoms with E-state index in [1.54, 1.807) is 32.1 Å². The summed E-state index contributed by atoms with van der Waals surface area (Å²) in [5, 5.41) is 10.2. The summed E-state index contributed by atoms with van der Waals surface area (Å²) in [6.45, 7) is 3.98. The van der Waals surface area contributed by atoms with Crippen LogP contribution < -0.4 is 10.4 Å². The Morgan fingerprint density at radius 1 is 1.03 bits per heavy atom. The van der Waals surface area contributed by atoms with E-state index in [1.165, 1.54) is 26.2 Å². The van der Waals surface area contributed by atoms with Gasteiger partial charge in [0.1, 0.15) is 5.57 Å². The van der Waals surface area contributed by atoms with Gasteiger partial charge in [0.15, 0.2) is 0 Å². The van der Waals surface area contributed by atoms with Crippen molar-refractivity contribution in [1.29, 1.82) is 0 Å². The van der Waals surface area contributed by atoms with Crippen molar-refractivity contribution in [1.82, 2.24) is 14.5 Å². The number of hydrogen-bond donors (Lipinski definition) is 1. The first-order chi connectivity index (χ1) is 13.8. The van der Waals surface area contributed by atoms with Crippen molar-refractivity contribution in [3.8, 4) is 11.8 Å². The summed E-state index contributed by atoms with van der Waals surface area (Å²) in [7, 11) is 2.72. The fourth-order valence-electron chi connectivity index (χ4n) is 2.32. The van der Waals surface area contributed by atoms with Gasteiger partial charge in [0, 0.05) is 14.1 Å². The van der Waals surface area contributed by atoms with Gasteiger partial charge in [-0.05, 0) is 26.0 Å². The first-order valence-corrected chi connectivity index (χ1v) is 8.83. The average Bonchev–Trinajstić information content (AvgIpc) is 2.68. The first kappa shape index (κ1) is 21.6. The molecule has 0 spiro atoms. The molecule has 3 amide bonds. The molecule has 10 heteroatoms. The number of likely N-dealkylation sites (N-methyl/N-ethyl adjacent to an activating group) is 1. The van der Waals surface area contributed by atoms with Gasteiger partial charge in [-0.15, -0.1) is 0 Å². The second-order valence-electron chi connectivity index (χ2n) is 5.75. The number of allylic oxidation sites excluding steroid dienone is 4. The number of nitrogens with zero attached hydrogens (tertiary/aromatic N) is 4. The molecular weight excluding hydrogens is 380 g/mol. The molecule has 0 saturated heterocycles. The smallest absolute Gasteiger partial charge is 0.353 e. The van der Waals surface area contributed by atoms with E-state index in [-0.39, 0.29) is 42.0 Å². The molecule has 10 nitrogen and oxygen atoms in total. The molecule has 0 bridgehead atoms. The second kappa shape index (κ2) is 9.49. The summed E-state index contributed by atoms with van der Waals surface area (Å²) in [5.41, 5.74) is -0.261. The monoisotopic (exact) mass is 402 g/mol. The van der Waals surface area contributed by atoms with Crippen molar-refractivity contribution >= 4 is 23.9 Å². The van der Waals surface area contributed by atoms with Gasteiger partial charge in [0.05, 0.1) is 18.8 Å². The lowest BCUT2D eigenvalue weighted by Crippen LogP contribution is -2.39. The van der Waals surface area contributed by atoms with Crippen LogP contribution in [-0.4, -0.2) is 57.7 Å². The molecule has 0 unspecified atom stereocenters. The molecule has 0 saturated carbocycles. The van der Waals surface area contributed by atoms with Gasteiger partial charge in [0.2, 0.25) is 17.7 Å². The Labute approximate surface area is 167 Å². The Balaban J connectivity index is 2.29. The first-order valence-electron chi connectivity index (χ1n) is 8.83. The number of urea groups is 1. The van der Waals surface area contributed by atoms with E-state index in [1.807, 2.05) is 0 Å². The van der Waals surface area contributed by atoms with Crippen molar-refractivity contribution < 1.29 is 24.2 Å². The molecule has 0 aliphatic carbocycles. The van der Waals surface area contributed by atoms with Gasteiger partial charge < -0.3 is 14.6 Å². The maximum Gasteiger partial charge on any atom is 0.353 e. The van der Waals surface area contributed by atoms with Crippen molar-refractivity contribution in [3.05, 3.63) is 45.9 Å². The minimum atomic E-state index is -0.694. The minimum absolute atomic E-state index is 0.0180. The molecule has 2 rings (SSSR count). The zero-order valence-corrected chi connectivity index (χ0v) is 16.6. The predicted octanol–water partition coefficient (Wildman–Crippen LogP) is 1.41. The van der Waals surface area contributed by atoms with Crippen LogP contribution in [-0.2, 0) is 16.6 Å². The van der Waals surface area contributed by atoms with E-state index < -0.39 is 17.6 Å². The van der Waals surface area contributed by atoms with Crippen LogP contribution in [0.1, 0.15) is 19.4 Å². The summed E-state index contributed by atoms with van der Waals surface area (Å²) < 4.78 is 11.6. The van der Waals surface area contributed by atoms with Crippen LogP contribution >= 0.6 is 0 Å². The third kappa shape index (κ3) is 4.78. The summed E-state index contributed by atoms with van der Waals surface area (Å²) in [4.78, 5) is 44.0. The lowest BCUT2D eigenvalue weighted by atomic mass is 10.2. The number of aliphatic imine (C=N–C) groups is 1. The van der Waals surface area contributed by atoms with Crippen molar-refractivity contribution in [3.63, 3.8) is 0 Å². The highest BCUT2D eigenvalue weighted by Crippen LogP contribution is 2.24. The number of rotatable bonds is 6. The van der Waals surface area contributed by atoms with Crippen LogP contribution in [0.2, 0.25) is 0 Å². The Kier molecular flexibility index (Phi) is 7.07. The Morgan fingerprint density at radius 3 is 2.38 bits per heavy atom. The number of hydrogen-bond acceptors (Lipinski definition) is 7. The third-order valence-corrected chi connectivity index (χ3v) is 3.83. The molecule has 0 radical (unpaired) electrons. The van der Waals surface area contributed by atoms with Crippen LogP contribution in [0.5, 0.6) is 11.8 Å². The number of aromatic nitrogens is 2. The molecule has 29 heavy (non-hydrogen) atoms. The maximum atomic E-state index is 12.3. The Bertz CT molecular complexity index is 987. The number of imide groups is 1. The topological polar surface area (TPSA) is 123 Å². The zero-order valence-electron chi connectivity index (χ0n) is 16.6. The molecule has 0 fully saturated rings. The molecule has 1 N–H and O–H groups in total. The quantitative estimate of drug-likeness (QED) is 0.563. The van der Waals surface area contributed by atoms with Crippen LogP contribution in [0.15, 0.2) is 39.7 Å². The normalized spacial score (nSPS) is 16.2. The Hall–Kier alpha value is -3.69. The predicted molar refractivity (Wildman–Crippen MR) is 106 cm³/mol. The molecule has 1 aliphatic rings. The highest BCUT2D eigenvalue weighted by molar-refractivity contribution is 6.27. The highest BCUT2D eigenvalue weighted by atomic mass is 16.5. The van der Waals surface area contributed by atoms with Crippen LogP contribution in [0.3, 0.4) is 0 Å². The number of amides is 3. The van der Waals surface area contributed by atoms with E-state index >= 15 is 0 Å². The van der Waals surface area contributed by atoms with Crippen LogP contribution in [0.4, 0.5) is 4.79 Å². The van der Waals surface area contributed by atoms with Crippen LogP contribution in [0.25, 0.3) is 6.08 Å². The summed E-state index contributed by atoms with van der Waals surface area (Å²) in [6.07, 6.45) is 7.68. The van der Waals surface area contributed by atoms with Crippen molar-refractivity contribution in [2.75, 3.05) is 20.3 Å². The fourth-order valence-corrected chi connectivity index (χ4v) is 2.32. The zero-order chi connectivity index (χ0) is 21.6. The largest absolute Gasteiger partial charge is 0.494 e.